The maximum absolute atomic E-state index is 12.5. The summed E-state index contributed by atoms with van der Waals surface area (Å²) in [7, 11) is 0. The van der Waals surface area contributed by atoms with E-state index in [1.165, 1.54) is 6.42 Å². The van der Waals surface area contributed by atoms with Crippen LogP contribution in [0.5, 0.6) is 0 Å². The summed E-state index contributed by atoms with van der Waals surface area (Å²) in [5.74, 6) is 0.127. The van der Waals surface area contributed by atoms with Gasteiger partial charge in [-0.15, -0.1) is 0 Å². The first-order chi connectivity index (χ1) is 8.72. The molecule has 98 valence electrons. The molecule has 1 saturated heterocycles. The van der Waals surface area contributed by atoms with Gasteiger partial charge < -0.3 is 4.90 Å². The number of likely N-dealkylation sites (tertiary alicyclic amines) is 1. The van der Waals surface area contributed by atoms with Crippen molar-refractivity contribution < 1.29 is 4.79 Å². The van der Waals surface area contributed by atoms with E-state index in [1.54, 1.807) is 12.4 Å². The van der Waals surface area contributed by atoms with Crippen LogP contribution in [-0.2, 0) is 0 Å². The van der Waals surface area contributed by atoms with E-state index in [2.05, 4.69) is 27.8 Å². The van der Waals surface area contributed by atoms with Crippen LogP contribution < -0.4 is 0 Å². The van der Waals surface area contributed by atoms with Crippen molar-refractivity contribution in [2.24, 2.45) is 0 Å². The van der Waals surface area contributed by atoms with E-state index in [0.29, 0.717) is 11.6 Å². The summed E-state index contributed by atoms with van der Waals surface area (Å²) >= 11 is 3.37. The monoisotopic (exact) mass is 310 g/mol. The van der Waals surface area contributed by atoms with Gasteiger partial charge in [0.1, 0.15) is 0 Å². The predicted octanol–water partition coefficient (Wildman–Crippen LogP) is 3.64. The highest BCUT2D eigenvalue weighted by molar-refractivity contribution is 9.10. The van der Waals surface area contributed by atoms with Crippen molar-refractivity contribution >= 4 is 21.8 Å². The van der Waals surface area contributed by atoms with Crippen LogP contribution in [0.1, 0.15) is 49.4 Å². The van der Waals surface area contributed by atoms with E-state index in [4.69, 9.17) is 0 Å². The lowest BCUT2D eigenvalue weighted by atomic mass is 9.97. The Balaban J connectivity index is 2.15. The molecule has 0 aliphatic carbocycles. The maximum atomic E-state index is 12.5. The normalized spacial score (nSPS) is 19.9. The third-order valence-electron chi connectivity index (χ3n) is 3.46. The van der Waals surface area contributed by atoms with E-state index in [9.17, 15) is 4.79 Å². The van der Waals surface area contributed by atoms with Gasteiger partial charge in [0.15, 0.2) is 0 Å². The molecule has 18 heavy (non-hydrogen) atoms. The number of hydrogen-bond donors (Lipinski definition) is 0. The van der Waals surface area contributed by atoms with Gasteiger partial charge in [-0.05, 0) is 47.7 Å². The molecule has 1 aliphatic rings. The Morgan fingerprint density at radius 3 is 3.06 bits per heavy atom. The summed E-state index contributed by atoms with van der Waals surface area (Å²) < 4.78 is 0.859. The number of hydrogen-bond acceptors (Lipinski definition) is 2. The van der Waals surface area contributed by atoms with Crippen molar-refractivity contribution in [1.82, 2.24) is 9.88 Å². The number of carbonyl (C=O) groups excluding carboxylic acids is 1. The molecule has 0 N–H and O–H groups in total. The Morgan fingerprint density at radius 1 is 1.50 bits per heavy atom. The number of aromatic nitrogens is 1. The fraction of sp³-hybridized carbons (Fsp3) is 0.571. The van der Waals surface area contributed by atoms with E-state index in [-0.39, 0.29) is 5.91 Å². The average molecular weight is 311 g/mol. The Labute approximate surface area is 117 Å². The average Bonchev–Trinajstić information content (AvgIpc) is 2.39. The second-order valence-corrected chi connectivity index (χ2v) is 5.74. The minimum absolute atomic E-state index is 0.127. The molecule has 1 aromatic rings. The van der Waals surface area contributed by atoms with Gasteiger partial charge in [-0.2, -0.15) is 0 Å². The summed E-state index contributed by atoms with van der Waals surface area (Å²) in [6.07, 6.45) is 9.10. The summed E-state index contributed by atoms with van der Waals surface area (Å²) in [6, 6.07) is 2.27. The van der Waals surface area contributed by atoms with Gasteiger partial charge in [0.05, 0.1) is 5.56 Å². The van der Waals surface area contributed by atoms with E-state index < -0.39 is 0 Å². The molecule has 1 fully saturated rings. The zero-order chi connectivity index (χ0) is 13.0. The standard InChI is InChI=1S/C14H19BrN2O/c1-2-5-13-6-3-4-7-17(13)14(18)11-8-12(15)10-16-9-11/h8-10,13H,2-7H2,1H3/t13-/m1/s1. The van der Waals surface area contributed by atoms with E-state index in [0.717, 1.165) is 36.7 Å². The van der Waals surface area contributed by atoms with Gasteiger partial charge in [0, 0.05) is 29.5 Å². The highest BCUT2D eigenvalue weighted by Gasteiger charge is 2.26. The quantitative estimate of drug-likeness (QED) is 0.854. The first kappa shape index (κ1) is 13.5. The fourth-order valence-electron chi connectivity index (χ4n) is 2.60. The number of amides is 1. The highest BCUT2D eigenvalue weighted by Crippen LogP contribution is 2.23. The molecule has 0 aromatic carbocycles. The van der Waals surface area contributed by atoms with Crippen LogP contribution >= 0.6 is 15.9 Å². The number of halogens is 1. The van der Waals surface area contributed by atoms with Crippen LogP contribution in [-0.4, -0.2) is 28.4 Å². The third kappa shape index (κ3) is 3.10. The second-order valence-electron chi connectivity index (χ2n) is 4.83. The Bertz CT molecular complexity index is 420. The van der Waals surface area contributed by atoms with Crippen molar-refractivity contribution in [2.45, 2.75) is 45.1 Å². The largest absolute Gasteiger partial charge is 0.336 e. The van der Waals surface area contributed by atoms with Gasteiger partial charge in [-0.3, -0.25) is 9.78 Å². The number of rotatable bonds is 3. The molecular formula is C14H19BrN2O. The Morgan fingerprint density at radius 2 is 2.33 bits per heavy atom. The van der Waals surface area contributed by atoms with Crippen LogP contribution in [0.2, 0.25) is 0 Å². The van der Waals surface area contributed by atoms with Gasteiger partial charge in [0.2, 0.25) is 0 Å². The lowest BCUT2D eigenvalue weighted by Crippen LogP contribution is -2.43. The molecule has 3 nitrogen and oxygen atoms in total. The molecule has 4 heteroatoms. The molecule has 2 rings (SSSR count). The SMILES string of the molecule is CCC[C@@H]1CCCCN1C(=O)c1cncc(Br)c1. The molecule has 0 bridgehead atoms. The minimum Gasteiger partial charge on any atom is -0.336 e. The summed E-state index contributed by atoms with van der Waals surface area (Å²) in [5, 5.41) is 0. The van der Waals surface area contributed by atoms with Crippen LogP contribution in [0.4, 0.5) is 0 Å². The maximum Gasteiger partial charge on any atom is 0.255 e. The number of nitrogens with zero attached hydrogens (tertiary/aromatic N) is 2. The number of carbonyl (C=O) groups is 1. The van der Waals surface area contributed by atoms with Crippen LogP contribution in [0.15, 0.2) is 22.9 Å². The van der Waals surface area contributed by atoms with Crippen LogP contribution in [0.3, 0.4) is 0 Å². The third-order valence-corrected chi connectivity index (χ3v) is 3.90. The molecule has 1 amide bonds. The number of piperidine rings is 1. The predicted molar refractivity (Wildman–Crippen MR) is 75.5 cm³/mol. The smallest absolute Gasteiger partial charge is 0.255 e. The topological polar surface area (TPSA) is 33.2 Å². The van der Waals surface area contributed by atoms with Gasteiger partial charge in [-0.25, -0.2) is 0 Å². The molecule has 2 heterocycles. The second kappa shape index (κ2) is 6.32. The van der Waals surface area contributed by atoms with Crippen molar-refractivity contribution in [3.8, 4) is 0 Å². The first-order valence-corrected chi connectivity index (χ1v) is 7.43. The highest BCUT2D eigenvalue weighted by atomic mass is 79.9. The van der Waals surface area contributed by atoms with Gasteiger partial charge in [0.25, 0.3) is 5.91 Å². The molecule has 0 unspecified atom stereocenters. The molecule has 1 aliphatic heterocycles. The van der Waals surface area contributed by atoms with E-state index in [1.807, 2.05) is 11.0 Å². The Kier molecular flexibility index (Phi) is 4.75. The molecule has 1 atom stereocenters. The lowest BCUT2D eigenvalue weighted by molar-refractivity contribution is 0.0600. The molecule has 0 saturated carbocycles. The molecule has 1 aromatic heterocycles. The zero-order valence-electron chi connectivity index (χ0n) is 10.7. The number of pyridine rings is 1. The summed E-state index contributed by atoms with van der Waals surface area (Å²) in [5.41, 5.74) is 0.687. The fourth-order valence-corrected chi connectivity index (χ4v) is 2.96. The Hall–Kier alpha value is -0.900. The minimum atomic E-state index is 0.127. The first-order valence-electron chi connectivity index (χ1n) is 6.64. The molecule has 0 radical (unpaired) electrons. The van der Waals surface area contributed by atoms with Crippen LogP contribution in [0, 0.1) is 0 Å². The van der Waals surface area contributed by atoms with Gasteiger partial charge >= 0.3 is 0 Å². The van der Waals surface area contributed by atoms with Crippen molar-refractivity contribution in [3.05, 3.63) is 28.5 Å². The summed E-state index contributed by atoms with van der Waals surface area (Å²) in [4.78, 5) is 18.6. The zero-order valence-corrected chi connectivity index (χ0v) is 12.3. The summed E-state index contributed by atoms with van der Waals surface area (Å²) in [6.45, 7) is 3.06. The van der Waals surface area contributed by atoms with Crippen molar-refractivity contribution in [1.29, 1.82) is 0 Å². The molecule has 0 spiro atoms. The lowest BCUT2D eigenvalue weighted by Gasteiger charge is -2.35. The van der Waals surface area contributed by atoms with Gasteiger partial charge in [-0.1, -0.05) is 13.3 Å². The molecular weight excluding hydrogens is 292 g/mol. The van der Waals surface area contributed by atoms with Crippen molar-refractivity contribution in [3.63, 3.8) is 0 Å². The van der Waals surface area contributed by atoms with Crippen molar-refractivity contribution in [2.75, 3.05) is 6.54 Å². The van der Waals surface area contributed by atoms with Crippen LogP contribution in [0.25, 0.3) is 0 Å². The van der Waals surface area contributed by atoms with E-state index >= 15 is 0 Å².